The van der Waals surface area contributed by atoms with Gasteiger partial charge in [0.05, 0.1) is 11.0 Å². The summed E-state index contributed by atoms with van der Waals surface area (Å²) in [5.41, 5.74) is 3.38. The molecule has 0 bridgehead atoms. The molecule has 0 N–H and O–H groups in total. The molecular weight excluding hydrogens is 220 g/mol. The molecule has 3 aromatic rings. The fraction of sp³-hybridized carbons (Fsp3) is 0.250. The highest BCUT2D eigenvalue weighted by Crippen LogP contribution is 2.25. The van der Waals surface area contributed by atoms with Crippen molar-refractivity contribution >= 4 is 21.8 Å². The van der Waals surface area contributed by atoms with Crippen molar-refractivity contribution in [1.29, 1.82) is 0 Å². The van der Waals surface area contributed by atoms with Gasteiger partial charge in [0.15, 0.2) is 0 Å². The average Bonchev–Trinajstić information content (AvgIpc) is 2.38. The van der Waals surface area contributed by atoms with E-state index < -0.39 is 0 Å². The molecule has 0 saturated carbocycles. The van der Waals surface area contributed by atoms with Crippen molar-refractivity contribution in [2.75, 3.05) is 0 Å². The largest absolute Gasteiger partial charge is 0.254 e. The zero-order valence-corrected chi connectivity index (χ0v) is 10.7. The lowest BCUT2D eigenvalue weighted by Crippen LogP contribution is -1.96. The third-order valence-electron chi connectivity index (χ3n) is 3.20. The molecular formula is C16H16N2. The normalized spacial score (nSPS) is 11.5. The van der Waals surface area contributed by atoms with Crippen LogP contribution in [0.15, 0.2) is 42.7 Å². The molecule has 1 aromatic carbocycles. The minimum absolute atomic E-state index is 0.648. The van der Waals surface area contributed by atoms with E-state index in [9.17, 15) is 0 Å². The van der Waals surface area contributed by atoms with Crippen LogP contribution in [0.5, 0.6) is 0 Å². The molecule has 2 aromatic heterocycles. The molecule has 0 radical (unpaired) electrons. The zero-order valence-electron chi connectivity index (χ0n) is 10.7. The molecule has 2 heterocycles. The Labute approximate surface area is 107 Å². The highest BCUT2D eigenvalue weighted by atomic mass is 14.7. The molecule has 0 amide bonds. The molecule has 2 nitrogen and oxygen atoms in total. The smallest absolute Gasteiger partial charge is 0.0967 e. The Morgan fingerprint density at radius 3 is 2.61 bits per heavy atom. The summed E-state index contributed by atoms with van der Waals surface area (Å²) >= 11 is 0. The van der Waals surface area contributed by atoms with Crippen molar-refractivity contribution in [3.8, 4) is 0 Å². The second-order valence-electron chi connectivity index (χ2n) is 5.10. The highest BCUT2D eigenvalue weighted by Gasteiger charge is 2.07. The van der Waals surface area contributed by atoms with Crippen LogP contribution in [0, 0.1) is 5.92 Å². The van der Waals surface area contributed by atoms with Gasteiger partial charge in [0.1, 0.15) is 0 Å². The Balaban J connectivity index is 2.32. The quantitative estimate of drug-likeness (QED) is 0.629. The van der Waals surface area contributed by atoms with E-state index in [-0.39, 0.29) is 0 Å². The van der Waals surface area contributed by atoms with Gasteiger partial charge >= 0.3 is 0 Å². The summed E-state index contributed by atoms with van der Waals surface area (Å²) in [5.74, 6) is 0.648. The summed E-state index contributed by atoms with van der Waals surface area (Å²) in [7, 11) is 0. The van der Waals surface area contributed by atoms with Crippen molar-refractivity contribution in [3.05, 3.63) is 48.3 Å². The number of benzene rings is 1. The van der Waals surface area contributed by atoms with Crippen LogP contribution in [0.2, 0.25) is 0 Å². The van der Waals surface area contributed by atoms with E-state index in [1.807, 2.05) is 18.5 Å². The Bertz CT molecular complexity index is 702. The van der Waals surface area contributed by atoms with E-state index in [2.05, 4.69) is 48.1 Å². The summed E-state index contributed by atoms with van der Waals surface area (Å²) in [6, 6.07) is 10.5. The van der Waals surface area contributed by atoms with Gasteiger partial charge in [-0.2, -0.15) is 0 Å². The fourth-order valence-corrected chi connectivity index (χ4v) is 2.43. The maximum Gasteiger partial charge on any atom is 0.0967 e. The Morgan fingerprint density at radius 1 is 0.944 bits per heavy atom. The zero-order chi connectivity index (χ0) is 12.5. The number of rotatable bonds is 2. The van der Waals surface area contributed by atoms with Crippen molar-refractivity contribution < 1.29 is 0 Å². The first kappa shape index (κ1) is 11.1. The van der Waals surface area contributed by atoms with Crippen molar-refractivity contribution in [2.45, 2.75) is 20.3 Å². The lowest BCUT2D eigenvalue weighted by molar-refractivity contribution is 0.650. The second kappa shape index (κ2) is 4.37. The Morgan fingerprint density at radius 2 is 1.78 bits per heavy atom. The fourth-order valence-electron chi connectivity index (χ4n) is 2.43. The molecule has 0 unspecified atom stereocenters. The van der Waals surface area contributed by atoms with Gasteiger partial charge < -0.3 is 0 Å². The number of hydrogen-bond donors (Lipinski definition) is 0. The number of hydrogen-bond acceptors (Lipinski definition) is 2. The van der Waals surface area contributed by atoms with E-state index in [0.717, 1.165) is 22.8 Å². The molecule has 0 saturated heterocycles. The van der Waals surface area contributed by atoms with Gasteiger partial charge in [-0.1, -0.05) is 32.0 Å². The molecule has 0 aliphatic heterocycles. The molecule has 0 atom stereocenters. The van der Waals surface area contributed by atoms with Crippen LogP contribution >= 0.6 is 0 Å². The topological polar surface area (TPSA) is 25.8 Å². The van der Waals surface area contributed by atoms with Gasteiger partial charge in [-0.25, -0.2) is 0 Å². The van der Waals surface area contributed by atoms with Crippen LogP contribution < -0.4 is 0 Å². The van der Waals surface area contributed by atoms with E-state index in [1.165, 1.54) is 10.9 Å². The first-order chi connectivity index (χ1) is 8.75. The van der Waals surface area contributed by atoms with Gasteiger partial charge in [0.2, 0.25) is 0 Å². The highest BCUT2D eigenvalue weighted by molar-refractivity contribution is 6.03. The maximum atomic E-state index is 4.51. The first-order valence-corrected chi connectivity index (χ1v) is 6.37. The van der Waals surface area contributed by atoms with E-state index >= 15 is 0 Å². The minimum Gasteiger partial charge on any atom is -0.254 e. The summed E-state index contributed by atoms with van der Waals surface area (Å²) < 4.78 is 0. The van der Waals surface area contributed by atoms with Crippen LogP contribution in [0.1, 0.15) is 19.4 Å². The summed E-state index contributed by atoms with van der Waals surface area (Å²) in [6.45, 7) is 4.48. The third kappa shape index (κ3) is 1.84. The van der Waals surface area contributed by atoms with Gasteiger partial charge in [0.25, 0.3) is 0 Å². The predicted octanol–water partition coefficient (Wildman–Crippen LogP) is 3.98. The van der Waals surface area contributed by atoms with Crippen LogP contribution in [-0.4, -0.2) is 9.97 Å². The maximum absolute atomic E-state index is 4.51. The van der Waals surface area contributed by atoms with Crippen LogP contribution in [0.4, 0.5) is 0 Å². The monoisotopic (exact) mass is 236 g/mol. The second-order valence-corrected chi connectivity index (χ2v) is 5.10. The molecule has 2 heteroatoms. The molecule has 0 aliphatic carbocycles. The van der Waals surface area contributed by atoms with Gasteiger partial charge in [-0.05, 0) is 30.0 Å². The molecule has 3 rings (SSSR count). The van der Waals surface area contributed by atoms with E-state index in [0.29, 0.717) is 5.92 Å². The first-order valence-electron chi connectivity index (χ1n) is 6.37. The predicted molar refractivity (Wildman–Crippen MR) is 75.6 cm³/mol. The molecule has 0 aliphatic rings. The minimum atomic E-state index is 0.648. The van der Waals surface area contributed by atoms with E-state index in [1.54, 1.807) is 0 Å². The molecule has 0 fully saturated rings. The van der Waals surface area contributed by atoms with Gasteiger partial charge in [-0.15, -0.1) is 0 Å². The van der Waals surface area contributed by atoms with E-state index in [4.69, 9.17) is 0 Å². The Hall–Kier alpha value is -1.96. The van der Waals surface area contributed by atoms with Crippen LogP contribution in [0.3, 0.4) is 0 Å². The summed E-state index contributed by atoms with van der Waals surface area (Å²) in [5, 5.41) is 2.39. The number of pyridine rings is 2. The lowest BCUT2D eigenvalue weighted by Gasteiger charge is -2.09. The SMILES string of the molecule is CC(C)Cc1ccnc2c1ccc1cccnc12. The van der Waals surface area contributed by atoms with Gasteiger partial charge in [0, 0.05) is 23.2 Å². The summed E-state index contributed by atoms with van der Waals surface area (Å²) in [6.07, 6.45) is 4.81. The molecule has 0 spiro atoms. The van der Waals surface area contributed by atoms with Crippen molar-refractivity contribution in [2.24, 2.45) is 5.92 Å². The summed E-state index contributed by atoms with van der Waals surface area (Å²) in [4.78, 5) is 8.98. The molecule has 90 valence electrons. The average molecular weight is 236 g/mol. The van der Waals surface area contributed by atoms with Crippen molar-refractivity contribution in [1.82, 2.24) is 9.97 Å². The third-order valence-corrected chi connectivity index (χ3v) is 3.20. The number of nitrogens with zero attached hydrogens (tertiary/aromatic N) is 2. The number of fused-ring (bicyclic) bond motifs is 3. The van der Waals surface area contributed by atoms with Gasteiger partial charge in [-0.3, -0.25) is 9.97 Å². The lowest BCUT2D eigenvalue weighted by atomic mass is 9.98. The Kier molecular flexibility index (Phi) is 2.71. The number of aromatic nitrogens is 2. The van der Waals surface area contributed by atoms with Crippen LogP contribution in [-0.2, 0) is 6.42 Å². The van der Waals surface area contributed by atoms with Crippen molar-refractivity contribution in [3.63, 3.8) is 0 Å². The molecule has 18 heavy (non-hydrogen) atoms. The standard InChI is InChI=1S/C16H16N2/c1-11(2)10-13-7-9-18-16-14(13)6-5-12-4-3-8-17-15(12)16/h3-9,11H,10H2,1-2H3. The van der Waals surface area contributed by atoms with Crippen LogP contribution in [0.25, 0.3) is 21.8 Å².